The molecular weight excluding hydrogens is 196 g/mol. The molecule has 0 aromatic heterocycles. The van der Waals surface area contributed by atoms with Gasteiger partial charge in [-0.15, -0.1) is 0 Å². The lowest BCUT2D eigenvalue weighted by molar-refractivity contribution is -0.123. The molecule has 0 aliphatic carbocycles. The van der Waals surface area contributed by atoms with Gasteiger partial charge in [-0.2, -0.15) is 0 Å². The Bertz CT molecular complexity index is 270. The van der Waals surface area contributed by atoms with Crippen LogP contribution in [0.25, 0.3) is 0 Å². The number of carbonyl (C=O) groups is 2. The van der Waals surface area contributed by atoms with E-state index in [-0.39, 0.29) is 12.3 Å². The summed E-state index contributed by atoms with van der Waals surface area (Å²) in [5.74, 6) is 0.0301. The van der Waals surface area contributed by atoms with Crippen LogP contribution in [0.3, 0.4) is 0 Å². The van der Waals surface area contributed by atoms with Gasteiger partial charge in [-0.25, -0.2) is 4.79 Å². The first kappa shape index (κ1) is 12.0. The average molecular weight is 214 g/mol. The number of Topliss-reactive ketones (excluding diaryl/α,β-unsaturated/α-hetero) is 1. The van der Waals surface area contributed by atoms with Crippen LogP contribution in [-0.2, 0) is 9.53 Å². The zero-order valence-corrected chi connectivity index (χ0v) is 9.45. The fourth-order valence-corrected chi connectivity index (χ4v) is 1.37. The van der Waals surface area contributed by atoms with Crippen LogP contribution in [0.4, 0.5) is 4.79 Å². The Morgan fingerprint density at radius 3 is 2.67 bits per heavy atom. The number of ether oxygens (including phenoxy) is 1. The Balaban J connectivity index is 2.61. The van der Waals surface area contributed by atoms with Crippen LogP contribution in [0.1, 0.15) is 33.6 Å². The number of hydrogen-bond acceptors (Lipinski definition) is 4. The third-order valence-corrected chi connectivity index (χ3v) is 2.09. The van der Waals surface area contributed by atoms with E-state index in [0.29, 0.717) is 12.8 Å². The second-order valence-electron chi connectivity index (χ2n) is 4.75. The van der Waals surface area contributed by atoms with Crippen molar-refractivity contribution in [3.05, 3.63) is 0 Å². The number of carbonyl (C=O) groups excluding carboxylic acids is 2. The summed E-state index contributed by atoms with van der Waals surface area (Å²) in [5.41, 5.74) is 5.18. The molecule has 2 N–H and O–H groups in total. The fraction of sp³-hybridized carbons (Fsp3) is 0.800. The second-order valence-corrected chi connectivity index (χ2v) is 4.75. The molecule has 86 valence electrons. The van der Waals surface area contributed by atoms with Gasteiger partial charge < -0.3 is 10.5 Å². The summed E-state index contributed by atoms with van der Waals surface area (Å²) in [4.78, 5) is 24.1. The van der Waals surface area contributed by atoms with Crippen LogP contribution in [0, 0.1) is 0 Å². The maximum atomic E-state index is 11.6. The van der Waals surface area contributed by atoms with E-state index >= 15 is 0 Å². The first-order valence-corrected chi connectivity index (χ1v) is 5.06. The SMILES string of the molecule is CC(C)(C)OC(=O)N1CC(=O)CCC1N. The molecule has 1 saturated heterocycles. The quantitative estimate of drug-likeness (QED) is 0.649. The first-order chi connectivity index (χ1) is 6.79. The van der Waals surface area contributed by atoms with Crippen LogP contribution in [-0.4, -0.2) is 35.1 Å². The van der Waals surface area contributed by atoms with Gasteiger partial charge in [-0.05, 0) is 27.2 Å². The maximum absolute atomic E-state index is 11.6. The molecule has 1 unspecified atom stereocenters. The minimum Gasteiger partial charge on any atom is -0.444 e. The van der Waals surface area contributed by atoms with Crippen LogP contribution in [0.15, 0.2) is 0 Å². The predicted octanol–water partition coefficient (Wildman–Crippen LogP) is 0.871. The molecule has 0 aromatic carbocycles. The lowest BCUT2D eigenvalue weighted by atomic mass is 10.1. The fourth-order valence-electron chi connectivity index (χ4n) is 1.37. The van der Waals surface area contributed by atoms with E-state index in [2.05, 4.69) is 0 Å². The third kappa shape index (κ3) is 3.51. The minimum absolute atomic E-state index is 0.0301. The molecule has 0 spiro atoms. The summed E-state index contributed by atoms with van der Waals surface area (Å²) < 4.78 is 5.15. The lowest BCUT2D eigenvalue weighted by Crippen LogP contribution is -2.52. The molecule has 1 heterocycles. The average Bonchev–Trinajstić information content (AvgIpc) is 2.06. The number of nitrogens with two attached hydrogens (primary N) is 1. The van der Waals surface area contributed by atoms with E-state index in [9.17, 15) is 9.59 Å². The Morgan fingerprint density at radius 2 is 2.13 bits per heavy atom. The Labute approximate surface area is 89.6 Å². The Hall–Kier alpha value is -1.10. The van der Waals surface area contributed by atoms with Gasteiger partial charge in [-0.3, -0.25) is 9.69 Å². The van der Waals surface area contributed by atoms with E-state index in [1.807, 2.05) is 0 Å². The van der Waals surface area contributed by atoms with E-state index < -0.39 is 17.9 Å². The standard InChI is InChI=1S/C10H18N2O3/c1-10(2,3)15-9(14)12-6-7(13)4-5-8(12)11/h8H,4-6,11H2,1-3H3. The summed E-state index contributed by atoms with van der Waals surface area (Å²) in [7, 11) is 0. The molecule has 15 heavy (non-hydrogen) atoms. The largest absolute Gasteiger partial charge is 0.444 e. The molecule has 5 heteroatoms. The van der Waals surface area contributed by atoms with Crippen molar-refractivity contribution in [2.75, 3.05) is 6.54 Å². The Morgan fingerprint density at radius 1 is 1.53 bits per heavy atom. The first-order valence-electron chi connectivity index (χ1n) is 5.06. The molecule has 0 radical (unpaired) electrons. The molecule has 0 aromatic rings. The highest BCUT2D eigenvalue weighted by Crippen LogP contribution is 2.15. The van der Waals surface area contributed by atoms with Gasteiger partial charge in [0.05, 0.1) is 12.7 Å². The molecule has 0 saturated carbocycles. The number of piperidine rings is 1. The van der Waals surface area contributed by atoms with Gasteiger partial charge >= 0.3 is 6.09 Å². The summed E-state index contributed by atoms with van der Waals surface area (Å²) in [5, 5.41) is 0. The van der Waals surface area contributed by atoms with Gasteiger partial charge in [0.2, 0.25) is 0 Å². The van der Waals surface area contributed by atoms with Crippen LogP contribution < -0.4 is 5.73 Å². The highest BCUT2D eigenvalue weighted by molar-refractivity contribution is 5.85. The summed E-state index contributed by atoms with van der Waals surface area (Å²) in [6.07, 6.45) is 0.0408. The minimum atomic E-state index is -0.558. The van der Waals surface area contributed by atoms with Crippen molar-refractivity contribution in [2.24, 2.45) is 5.73 Å². The predicted molar refractivity (Wildman–Crippen MR) is 55.2 cm³/mol. The number of hydrogen-bond donors (Lipinski definition) is 1. The van der Waals surface area contributed by atoms with Crippen molar-refractivity contribution in [1.29, 1.82) is 0 Å². The maximum Gasteiger partial charge on any atom is 0.411 e. The summed E-state index contributed by atoms with van der Waals surface area (Å²) in [6, 6.07) is 0. The highest BCUT2D eigenvalue weighted by Gasteiger charge is 2.31. The van der Waals surface area contributed by atoms with E-state index in [4.69, 9.17) is 10.5 Å². The highest BCUT2D eigenvalue weighted by atomic mass is 16.6. The number of rotatable bonds is 0. The van der Waals surface area contributed by atoms with Crippen molar-refractivity contribution in [3.63, 3.8) is 0 Å². The van der Waals surface area contributed by atoms with Gasteiger partial charge in [0.15, 0.2) is 5.78 Å². The molecule has 1 atom stereocenters. The van der Waals surface area contributed by atoms with E-state index in [1.165, 1.54) is 4.90 Å². The topological polar surface area (TPSA) is 72.6 Å². The molecule has 1 amide bonds. The zero-order valence-electron chi connectivity index (χ0n) is 9.45. The lowest BCUT2D eigenvalue weighted by Gasteiger charge is -2.33. The second kappa shape index (κ2) is 4.18. The van der Waals surface area contributed by atoms with Gasteiger partial charge in [0, 0.05) is 6.42 Å². The summed E-state index contributed by atoms with van der Waals surface area (Å²) >= 11 is 0. The van der Waals surface area contributed by atoms with Crippen molar-refractivity contribution in [3.8, 4) is 0 Å². The van der Waals surface area contributed by atoms with Gasteiger partial charge in [0.25, 0.3) is 0 Å². The monoisotopic (exact) mass is 214 g/mol. The number of nitrogens with zero attached hydrogens (tertiary/aromatic N) is 1. The van der Waals surface area contributed by atoms with Crippen molar-refractivity contribution >= 4 is 11.9 Å². The van der Waals surface area contributed by atoms with Crippen molar-refractivity contribution in [2.45, 2.75) is 45.4 Å². The number of ketones is 1. The van der Waals surface area contributed by atoms with Crippen LogP contribution in [0.2, 0.25) is 0 Å². The van der Waals surface area contributed by atoms with E-state index in [0.717, 1.165) is 0 Å². The molecule has 0 bridgehead atoms. The molecule has 1 aliphatic heterocycles. The summed E-state index contributed by atoms with van der Waals surface area (Å²) in [6.45, 7) is 5.41. The van der Waals surface area contributed by atoms with Gasteiger partial charge in [0.1, 0.15) is 5.60 Å². The molecule has 1 rings (SSSR count). The normalized spacial score (nSPS) is 22.8. The molecular formula is C10H18N2O3. The van der Waals surface area contributed by atoms with Crippen molar-refractivity contribution < 1.29 is 14.3 Å². The molecule has 1 aliphatic rings. The third-order valence-electron chi connectivity index (χ3n) is 2.09. The number of likely N-dealkylation sites (tertiary alicyclic amines) is 1. The van der Waals surface area contributed by atoms with Gasteiger partial charge in [-0.1, -0.05) is 0 Å². The van der Waals surface area contributed by atoms with Crippen LogP contribution >= 0.6 is 0 Å². The van der Waals surface area contributed by atoms with Crippen molar-refractivity contribution in [1.82, 2.24) is 4.90 Å². The molecule has 5 nitrogen and oxygen atoms in total. The zero-order chi connectivity index (χ0) is 11.6. The molecule has 1 fully saturated rings. The Kier molecular flexibility index (Phi) is 3.34. The smallest absolute Gasteiger partial charge is 0.411 e. The van der Waals surface area contributed by atoms with Crippen LogP contribution in [0.5, 0.6) is 0 Å². The van der Waals surface area contributed by atoms with E-state index in [1.54, 1.807) is 20.8 Å². The number of amides is 1.